The summed E-state index contributed by atoms with van der Waals surface area (Å²) in [7, 11) is 0. The predicted octanol–water partition coefficient (Wildman–Crippen LogP) is 7.29. The summed E-state index contributed by atoms with van der Waals surface area (Å²) in [6.45, 7) is 0. The number of rotatable bonds is 1. The van der Waals surface area contributed by atoms with Crippen LogP contribution in [0.2, 0.25) is 0 Å². The fraction of sp³-hybridized carbons (Fsp3) is 0. The Balaban J connectivity index is 1.56. The average Bonchev–Trinajstić information content (AvgIpc) is 3.41. The molecule has 0 spiro atoms. The molecule has 0 unspecified atom stereocenters. The van der Waals surface area contributed by atoms with Gasteiger partial charge in [-0.25, -0.2) is 0 Å². The maximum atomic E-state index is 13.6. The standard InChI is InChI=1S/C31H18N2O/c34-31-25-11-2-1-8-20(25)23-12-7-13-24-26-18-19(16-17-29(26)33(31)30(23)24)32-27-14-5-3-9-21(27)22-10-4-6-15-28(22)32/h1-18H. The first-order chi connectivity index (χ1) is 16.8. The Bertz CT molecular complexity index is 2090. The second-order valence-electron chi connectivity index (χ2n) is 8.96. The molecule has 8 aromatic rings. The van der Waals surface area contributed by atoms with Crippen molar-refractivity contribution in [3.05, 3.63) is 120 Å². The molecule has 5 aromatic carbocycles. The average molecular weight is 434 g/mol. The van der Waals surface area contributed by atoms with Gasteiger partial charge in [-0.3, -0.25) is 9.20 Å². The van der Waals surface area contributed by atoms with Crippen molar-refractivity contribution >= 4 is 59.8 Å². The van der Waals surface area contributed by atoms with Gasteiger partial charge in [0.25, 0.3) is 5.56 Å². The zero-order valence-electron chi connectivity index (χ0n) is 18.2. The normalized spacial score (nSPS) is 12.2. The van der Waals surface area contributed by atoms with Crippen LogP contribution in [-0.4, -0.2) is 8.97 Å². The summed E-state index contributed by atoms with van der Waals surface area (Å²) in [5.74, 6) is 0. The van der Waals surface area contributed by atoms with Crippen molar-refractivity contribution in [1.82, 2.24) is 8.97 Å². The van der Waals surface area contributed by atoms with Crippen LogP contribution >= 0.6 is 0 Å². The quantitative estimate of drug-likeness (QED) is 0.249. The van der Waals surface area contributed by atoms with Crippen LogP contribution in [0.1, 0.15) is 0 Å². The van der Waals surface area contributed by atoms with E-state index in [1.54, 1.807) is 0 Å². The molecular formula is C31H18N2O. The van der Waals surface area contributed by atoms with Crippen LogP contribution in [0.4, 0.5) is 0 Å². The van der Waals surface area contributed by atoms with Crippen LogP contribution in [0, 0.1) is 0 Å². The number of fused-ring (bicyclic) bond motifs is 8. The van der Waals surface area contributed by atoms with Gasteiger partial charge >= 0.3 is 0 Å². The van der Waals surface area contributed by atoms with Crippen LogP contribution in [-0.2, 0) is 0 Å². The van der Waals surface area contributed by atoms with Gasteiger partial charge in [-0.05, 0) is 41.8 Å². The van der Waals surface area contributed by atoms with Crippen LogP contribution in [0.5, 0.6) is 0 Å². The molecule has 8 rings (SSSR count). The summed E-state index contributed by atoms with van der Waals surface area (Å²) >= 11 is 0. The molecule has 0 atom stereocenters. The van der Waals surface area contributed by atoms with Gasteiger partial charge < -0.3 is 4.57 Å². The second kappa shape index (κ2) is 6.24. The summed E-state index contributed by atoms with van der Waals surface area (Å²) in [6, 6.07) is 37.8. The number of pyridine rings is 1. The van der Waals surface area contributed by atoms with E-state index in [2.05, 4.69) is 89.5 Å². The summed E-state index contributed by atoms with van der Waals surface area (Å²) in [5, 5.41) is 7.57. The molecular weight excluding hydrogens is 416 g/mol. The van der Waals surface area contributed by atoms with Crippen LogP contribution < -0.4 is 5.56 Å². The highest BCUT2D eigenvalue weighted by Gasteiger charge is 2.18. The fourth-order valence-corrected chi connectivity index (χ4v) is 5.85. The van der Waals surface area contributed by atoms with Crippen molar-refractivity contribution in [3.63, 3.8) is 0 Å². The fourth-order valence-electron chi connectivity index (χ4n) is 5.85. The molecule has 158 valence electrons. The van der Waals surface area contributed by atoms with Gasteiger partial charge in [0.15, 0.2) is 0 Å². The highest BCUT2D eigenvalue weighted by molar-refractivity contribution is 6.20. The monoisotopic (exact) mass is 434 g/mol. The van der Waals surface area contributed by atoms with E-state index >= 15 is 0 Å². The summed E-state index contributed by atoms with van der Waals surface area (Å²) < 4.78 is 4.23. The maximum absolute atomic E-state index is 13.6. The number of hydrogen-bond acceptors (Lipinski definition) is 1. The van der Waals surface area contributed by atoms with Crippen molar-refractivity contribution in [1.29, 1.82) is 0 Å². The molecule has 3 nitrogen and oxygen atoms in total. The van der Waals surface area contributed by atoms with E-state index in [-0.39, 0.29) is 5.56 Å². The van der Waals surface area contributed by atoms with Gasteiger partial charge in [0, 0.05) is 38.0 Å². The Hall–Kier alpha value is -4.63. The first-order valence-corrected chi connectivity index (χ1v) is 11.5. The summed E-state index contributed by atoms with van der Waals surface area (Å²) in [4.78, 5) is 13.6. The van der Waals surface area contributed by atoms with E-state index in [9.17, 15) is 4.79 Å². The van der Waals surface area contributed by atoms with Crippen molar-refractivity contribution in [2.45, 2.75) is 0 Å². The molecule has 0 saturated heterocycles. The molecule has 0 radical (unpaired) electrons. The number of hydrogen-bond donors (Lipinski definition) is 0. The number of nitrogens with zero attached hydrogens (tertiary/aromatic N) is 2. The van der Waals surface area contributed by atoms with E-state index in [1.807, 2.05) is 28.7 Å². The molecule has 34 heavy (non-hydrogen) atoms. The van der Waals surface area contributed by atoms with E-state index in [1.165, 1.54) is 21.8 Å². The molecule has 0 saturated carbocycles. The second-order valence-corrected chi connectivity index (χ2v) is 8.96. The number of benzene rings is 5. The van der Waals surface area contributed by atoms with E-state index in [4.69, 9.17) is 0 Å². The SMILES string of the molecule is O=c1c2ccccc2c2cccc3c4cc(-n5c6ccccc6c6ccccc65)ccc4n1c23. The molecule has 0 aliphatic carbocycles. The Morgan fingerprint density at radius 2 is 1.00 bits per heavy atom. The Labute approximate surface area is 194 Å². The van der Waals surface area contributed by atoms with Gasteiger partial charge in [-0.2, -0.15) is 0 Å². The van der Waals surface area contributed by atoms with Gasteiger partial charge in [0.1, 0.15) is 0 Å². The third kappa shape index (κ3) is 2.09. The molecule has 0 amide bonds. The van der Waals surface area contributed by atoms with Gasteiger partial charge in [0.05, 0.1) is 22.1 Å². The molecule has 0 N–H and O–H groups in total. The number of aromatic nitrogens is 2. The minimum absolute atomic E-state index is 0.0407. The zero-order valence-corrected chi connectivity index (χ0v) is 18.2. The zero-order chi connectivity index (χ0) is 22.4. The first-order valence-electron chi connectivity index (χ1n) is 11.5. The lowest BCUT2D eigenvalue weighted by atomic mass is 10.0. The van der Waals surface area contributed by atoms with Crippen molar-refractivity contribution < 1.29 is 0 Å². The van der Waals surface area contributed by atoms with Crippen molar-refractivity contribution in [2.24, 2.45) is 0 Å². The molecule has 0 aliphatic rings. The largest absolute Gasteiger partial charge is 0.309 e. The number of para-hydroxylation sites is 3. The lowest BCUT2D eigenvalue weighted by Crippen LogP contribution is -2.12. The highest BCUT2D eigenvalue weighted by Crippen LogP contribution is 2.37. The van der Waals surface area contributed by atoms with Crippen molar-refractivity contribution in [2.75, 3.05) is 0 Å². The van der Waals surface area contributed by atoms with Crippen LogP contribution in [0.25, 0.3) is 65.5 Å². The van der Waals surface area contributed by atoms with Crippen LogP contribution in [0.3, 0.4) is 0 Å². The minimum atomic E-state index is 0.0407. The lowest BCUT2D eigenvalue weighted by molar-refractivity contribution is 1.18. The molecule has 3 heteroatoms. The first kappa shape index (κ1) is 17.9. The van der Waals surface area contributed by atoms with E-state index < -0.39 is 0 Å². The van der Waals surface area contributed by atoms with Gasteiger partial charge in [-0.15, -0.1) is 0 Å². The summed E-state index contributed by atoms with van der Waals surface area (Å²) in [6.07, 6.45) is 0. The van der Waals surface area contributed by atoms with Gasteiger partial charge in [-0.1, -0.05) is 72.8 Å². The van der Waals surface area contributed by atoms with E-state index in [0.29, 0.717) is 0 Å². The molecule has 3 aromatic heterocycles. The minimum Gasteiger partial charge on any atom is -0.309 e. The van der Waals surface area contributed by atoms with Crippen LogP contribution in [0.15, 0.2) is 114 Å². The maximum Gasteiger partial charge on any atom is 0.263 e. The highest BCUT2D eigenvalue weighted by atomic mass is 16.1. The smallest absolute Gasteiger partial charge is 0.263 e. The van der Waals surface area contributed by atoms with E-state index in [0.717, 1.165) is 43.7 Å². The Kier molecular flexibility index (Phi) is 3.28. The third-order valence-electron chi connectivity index (χ3n) is 7.26. The molecule has 0 fully saturated rings. The molecule has 0 bridgehead atoms. The molecule has 0 aliphatic heterocycles. The summed E-state index contributed by atoms with van der Waals surface area (Å²) in [5.41, 5.74) is 5.45. The predicted molar refractivity (Wildman–Crippen MR) is 142 cm³/mol. The Morgan fingerprint density at radius 3 is 1.71 bits per heavy atom. The molecule has 3 heterocycles. The Morgan fingerprint density at radius 1 is 0.441 bits per heavy atom. The van der Waals surface area contributed by atoms with Gasteiger partial charge in [0.2, 0.25) is 0 Å². The topological polar surface area (TPSA) is 26.4 Å². The third-order valence-corrected chi connectivity index (χ3v) is 7.26. The lowest BCUT2D eigenvalue weighted by Gasteiger charge is -2.08. The van der Waals surface area contributed by atoms with Crippen molar-refractivity contribution in [3.8, 4) is 5.69 Å².